The summed E-state index contributed by atoms with van der Waals surface area (Å²) in [6.45, 7) is 0.642. The van der Waals surface area contributed by atoms with E-state index in [1.54, 1.807) is 18.3 Å². The van der Waals surface area contributed by atoms with Gasteiger partial charge in [-0.25, -0.2) is 0 Å². The highest BCUT2D eigenvalue weighted by atomic mass is 16.6. The van der Waals surface area contributed by atoms with Crippen LogP contribution in [0.5, 0.6) is 0 Å². The number of nitrogens with one attached hydrogen (secondary N) is 1. The topological polar surface area (TPSA) is 93.5 Å². The number of nitro benzene ring substituents is 1. The summed E-state index contributed by atoms with van der Waals surface area (Å²) in [4.78, 5) is 9.95. The number of nitro groups is 1. The number of anilines is 1. The van der Waals surface area contributed by atoms with E-state index in [0.717, 1.165) is 18.5 Å². The molecule has 0 amide bonds. The zero-order valence-electron chi connectivity index (χ0n) is 8.80. The molecule has 3 N–H and O–H groups in total. The van der Waals surface area contributed by atoms with Gasteiger partial charge in [0.25, 0.3) is 5.69 Å². The van der Waals surface area contributed by atoms with Crippen molar-refractivity contribution >= 4 is 17.6 Å². The van der Waals surface area contributed by atoms with Gasteiger partial charge in [-0.05, 0) is 31.5 Å². The maximum Gasteiger partial charge on any atom is 0.269 e. The van der Waals surface area contributed by atoms with E-state index in [1.807, 2.05) is 0 Å². The van der Waals surface area contributed by atoms with Crippen LogP contribution in [0.2, 0.25) is 0 Å². The molecule has 1 aromatic rings. The fourth-order valence-corrected chi connectivity index (χ4v) is 1.05. The van der Waals surface area contributed by atoms with Gasteiger partial charge >= 0.3 is 0 Å². The number of nitrogens with two attached hydrogens (primary N) is 1. The molecule has 0 saturated heterocycles. The molecule has 86 valence electrons. The molecule has 0 aliphatic heterocycles. The van der Waals surface area contributed by atoms with Crippen molar-refractivity contribution < 1.29 is 4.92 Å². The van der Waals surface area contributed by atoms with Crippen LogP contribution in [0.15, 0.2) is 29.4 Å². The molecular weight excluding hydrogens is 208 g/mol. The van der Waals surface area contributed by atoms with Gasteiger partial charge in [-0.1, -0.05) is 0 Å². The van der Waals surface area contributed by atoms with Crippen molar-refractivity contribution in [3.05, 3.63) is 34.4 Å². The normalized spacial score (nSPS) is 10.6. The molecule has 0 aliphatic rings. The predicted octanol–water partition coefficient (Wildman–Crippen LogP) is 1.73. The van der Waals surface area contributed by atoms with Crippen molar-refractivity contribution in [2.75, 3.05) is 12.0 Å². The lowest BCUT2D eigenvalue weighted by atomic mass is 10.3. The predicted molar refractivity (Wildman–Crippen MR) is 63.5 cm³/mol. The standard InChI is InChI=1S/C10H14N4O2/c11-7-1-2-8-12-13-9-3-5-10(6-4-9)14(15)16/h3-6,8,13H,1-2,7,11H2. The number of benzene rings is 1. The summed E-state index contributed by atoms with van der Waals surface area (Å²) in [6, 6.07) is 6.08. The van der Waals surface area contributed by atoms with Gasteiger partial charge in [-0.3, -0.25) is 15.5 Å². The molecule has 0 saturated carbocycles. The summed E-state index contributed by atoms with van der Waals surface area (Å²) in [5.74, 6) is 0. The third kappa shape index (κ3) is 4.05. The van der Waals surface area contributed by atoms with Gasteiger partial charge < -0.3 is 5.73 Å². The molecule has 0 aromatic heterocycles. The lowest BCUT2D eigenvalue weighted by molar-refractivity contribution is -0.384. The van der Waals surface area contributed by atoms with Gasteiger partial charge in [-0.2, -0.15) is 5.10 Å². The zero-order valence-corrected chi connectivity index (χ0v) is 8.80. The summed E-state index contributed by atoms with van der Waals surface area (Å²) >= 11 is 0. The van der Waals surface area contributed by atoms with E-state index in [9.17, 15) is 10.1 Å². The second-order valence-electron chi connectivity index (χ2n) is 3.16. The molecule has 0 spiro atoms. The Morgan fingerprint density at radius 3 is 2.69 bits per heavy atom. The first-order valence-electron chi connectivity index (χ1n) is 4.96. The summed E-state index contributed by atoms with van der Waals surface area (Å²) in [5, 5.41) is 14.3. The minimum Gasteiger partial charge on any atom is -0.330 e. The number of hydrazone groups is 1. The van der Waals surface area contributed by atoms with Crippen LogP contribution in [0.1, 0.15) is 12.8 Å². The van der Waals surface area contributed by atoms with Crippen LogP contribution < -0.4 is 11.2 Å². The highest BCUT2D eigenvalue weighted by molar-refractivity contribution is 5.59. The molecule has 0 fully saturated rings. The minimum atomic E-state index is -0.436. The van der Waals surface area contributed by atoms with E-state index in [2.05, 4.69) is 10.5 Å². The third-order valence-corrected chi connectivity index (χ3v) is 1.90. The summed E-state index contributed by atoms with van der Waals surface area (Å²) in [6.07, 6.45) is 3.44. The van der Waals surface area contributed by atoms with Gasteiger partial charge in [0.2, 0.25) is 0 Å². The van der Waals surface area contributed by atoms with Crippen LogP contribution in [0.25, 0.3) is 0 Å². The first-order valence-corrected chi connectivity index (χ1v) is 4.96. The van der Waals surface area contributed by atoms with E-state index in [1.165, 1.54) is 12.1 Å². The van der Waals surface area contributed by atoms with E-state index in [0.29, 0.717) is 6.54 Å². The second-order valence-corrected chi connectivity index (χ2v) is 3.16. The van der Waals surface area contributed by atoms with E-state index in [-0.39, 0.29) is 5.69 Å². The quantitative estimate of drug-likeness (QED) is 0.331. The van der Waals surface area contributed by atoms with Gasteiger partial charge in [0.1, 0.15) is 0 Å². The van der Waals surface area contributed by atoms with Crippen molar-refractivity contribution in [3.8, 4) is 0 Å². The van der Waals surface area contributed by atoms with Crippen LogP contribution in [-0.2, 0) is 0 Å². The summed E-state index contributed by atoms with van der Waals surface area (Å²) < 4.78 is 0. The molecule has 6 heteroatoms. The number of hydrogen-bond acceptors (Lipinski definition) is 5. The first-order chi connectivity index (χ1) is 7.74. The Morgan fingerprint density at radius 2 is 2.12 bits per heavy atom. The Kier molecular flexibility index (Phi) is 4.94. The molecule has 6 nitrogen and oxygen atoms in total. The Balaban J connectivity index is 2.43. The van der Waals surface area contributed by atoms with Crippen molar-refractivity contribution in [2.24, 2.45) is 10.8 Å². The molecule has 1 aromatic carbocycles. The fraction of sp³-hybridized carbons (Fsp3) is 0.300. The fourth-order valence-electron chi connectivity index (χ4n) is 1.05. The van der Waals surface area contributed by atoms with E-state index < -0.39 is 4.92 Å². The Morgan fingerprint density at radius 1 is 1.44 bits per heavy atom. The number of hydrogen-bond donors (Lipinski definition) is 2. The molecule has 0 atom stereocenters. The van der Waals surface area contributed by atoms with Crippen LogP contribution in [0, 0.1) is 10.1 Å². The Hall–Kier alpha value is -1.95. The molecule has 1 rings (SSSR count). The number of rotatable bonds is 6. The highest BCUT2D eigenvalue weighted by Crippen LogP contribution is 2.14. The number of nitrogens with zero attached hydrogens (tertiary/aromatic N) is 2. The summed E-state index contributed by atoms with van der Waals surface area (Å²) in [7, 11) is 0. The van der Waals surface area contributed by atoms with Crippen LogP contribution in [0.3, 0.4) is 0 Å². The number of unbranched alkanes of at least 4 members (excludes halogenated alkanes) is 1. The van der Waals surface area contributed by atoms with Gasteiger partial charge in [0.05, 0.1) is 10.6 Å². The smallest absolute Gasteiger partial charge is 0.269 e. The van der Waals surface area contributed by atoms with Crippen molar-refractivity contribution in [1.29, 1.82) is 0 Å². The lowest BCUT2D eigenvalue weighted by Gasteiger charge is -1.98. The maximum atomic E-state index is 10.4. The van der Waals surface area contributed by atoms with Crippen molar-refractivity contribution in [3.63, 3.8) is 0 Å². The minimum absolute atomic E-state index is 0.0673. The maximum absolute atomic E-state index is 10.4. The Bertz CT molecular complexity index is 362. The molecule has 0 heterocycles. The van der Waals surface area contributed by atoms with Crippen LogP contribution in [-0.4, -0.2) is 17.7 Å². The molecule has 16 heavy (non-hydrogen) atoms. The first kappa shape index (κ1) is 12.1. The lowest BCUT2D eigenvalue weighted by Crippen LogP contribution is -1.98. The molecule has 0 unspecified atom stereocenters. The van der Waals surface area contributed by atoms with Crippen molar-refractivity contribution in [2.45, 2.75) is 12.8 Å². The SMILES string of the molecule is NCCCC=NNc1ccc([N+](=O)[O-])cc1. The molecule has 0 radical (unpaired) electrons. The zero-order chi connectivity index (χ0) is 11.8. The van der Waals surface area contributed by atoms with Gasteiger partial charge in [-0.15, -0.1) is 0 Å². The summed E-state index contributed by atoms with van der Waals surface area (Å²) in [5.41, 5.74) is 8.88. The van der Waals surface area contributed by atoms with Crippen LogP contribution in [0.4, 0.5) is 11.4 Å². The van der Waals surface area contributed by atoms with Gasteiger partial charge in [0.15, 0.2) is 0 Å². The second kappa shape index (κ2) is 6.52. The molecular formula is C10H14N4O2. The average molecular weight is 222 g/mol. The van der Waals surface area contributed by atoms with E-state index in [4.69, 9.17) is 5.73 Å². The Labute approximate surface area is 93.3 Å². The molecule has 0 aliphatic carbocycles. The van der Waals surface area contributed by atoms with Gasteiger partial charge in [0, 0.05) is 18.3 Å². The molecule has 0 bridgehead atoms. The monoisotopic (exact) mass is 222 g/mol. The highest BCUT2D eigenvalue weighted by Gasteiger charge is 2.02. The average Bonchev–Trinajstić information content (AvgIpc) is 2.29. The third-order valence-electron chi connectivity index (χ3n) is 1.90. The largest absolute Gasteiger partial charge is 0.330 e. The number of non-ortho nitro benzene ring substituents is 1. The van der Waals surface area contributed by atoms with E-state index >= 15 is 0 Å². The van der Waals surface area contributed by atoms with Crippen LogP contribution >= 0.6 is 0 Å². The van der Waals surface area contributed by atoms with Crippen molar-refractivity contribution in [1.82, 2.24) is 0 Å².